The second kappa shape index (κ2) is 8.00. The molecule has 2 aromatic heterocycles. The number of nitrogens with one attached hydrogen (secondary N) is 1. The Balaban J connectivity index is 1.75. The van der Waals surface area contributed by atoms with E-state index in [1.165, 1.54) is 4.88 Å². The van der Waals surface area contributed by atoms with E-state index in [9.17, 15) is 9.59 Å². The fourth-order valence-electron chi connectivity index (χ4n) is 3.48. The molecule has 134 valence electrons. The lowest BCUT2D eigenvalue weighted by Gasteiger charge is -2.35. The van der Waals surface area contributed by atoms with Crippen molar-refractivity contribution in [3.05, 3.63) is 56.1 Å². The van der Waals surface area contributed by atoms with E-state index in [0.717, 1.165) is 44.3 Å². The van der Waals surface area contributed by atoms with Gasteiger partial charge in [-0.1, -0.05) is 19.9 Å². The number of thiophene rings is 1. The molecule has 3 heterocycles. The van der Waals surface area contributed by atoms with E-state index in [-0.39, 0.29) is 29.0 Å². The molecule has 0 spiro atoms. The van der Waals surface area contributed by atoms with Gasteiger partial charge in [-0.25, -0.2) is 0 Å². The molecule has 1 amide bonds. The number of aromatic amines is 1. The lowest BCUT2D eigenvalue weighted by atomic mass is 9.96. The van der Waals surface area contributed by atoms with Crippen LogP contribution in [-0.4, -0.2) is 28.4 Å². The number of H-pyrrole nitrogens is 1. The molecule has 1 aliphatic heterocycles. The molecule has 5 heteroatoms. The van der Waals surface area contributed by atoms with Crippen molar-refractivity contribution in [2.45, 2.75) is 57.9 Å². The van der Waals surface area contributed by atoms with Gasteiger partial charge in [0.15, 0.2) is 0 Å². The van der Waals surface area contributed by atoms with Crippen LogP contribution in [0.5, 0.6) is 0 Å². The molecule has 3 rings (SSSR count). The largest absolute Gasteiger partial charge is 0.335 e. The Kier molecular flexibility index (Phi) is 5.74. The molecule has 1 aliphatic rings. The molecular weight excluding hydrogens is 332 g/mol. The van der Waals surface area contributed by atoms with Crippen LogP contribution in [0.15, 0.2) is 34.4 Å². The monoisotopic (exact) mass is 358 g/mol. The Bertz CT molecular complexity index is 764. The van der Waals surface area contributed by atoms with Gasteiger partial charge in [-0.3, -0.25) is 9.59 Å². The van der Waals surface area contributed by atoms with Crippen LogP contribution in [0.1, 0.15) is 66.4 Å². The normalized spacial score (nSPS) is 17.9. The minimum atomic E-state index is -0.265. The number of aromatic nitrogens is 1. The summed E-state index contributed by atoms with van der Waals surface area (Å²) in [5, 5.41) is 2.09. The first-order valence-electron chi connectivity index (χ1n) is 9.13. The summed E-state index contributed by atoms with van der Waals surface area (Å²) in [5.74, 6) is 0.123. The molecule has 0 bridgehead atoms. The van der Waals surface area contributed by atoms with Crippen molar-refractivity contribution in [1.29, 1.82) is 0 Å². The number of pyridine rings is 1. The highest BCUT2D eigenvalue weighted by atomic mass is 32.1. The zero-order valence-corrected chi connectivity index (χ0v) is 15.8. The van der Waals surface area contributed by atoms with E-state index < -0.39 is 0 Å². The molecule has 0 radical (unpaired) electrons. The van der Waals surface area contributed by atoms with E-state index in [2.05, 4.69) is 22.5 Å². The minimum Gasteiger partial charge on any atom is -0.335 e. The molecular formula is C20H26N2O2S. The molecule has 1 N–H and O–H groups in total. The van der Waals surface area contributed by atoms with Crippen LogP contribution in [0.3, 0.4) is 0 Å². The summed E-state index contributed by atoms with van der Waals surface area (Å²) in [7, 11) is 0. The van der Waals surface area contributed by atoms with Crippen molar-refractivity contribution < 1.29 is 4.79 Å². The fourth-order valence-corrected chi connectivity index (χ4v) is 4.21. The van der Waals surface area contributed by atoms with Gasteiger partial charge >= 0.3 is 0 Å². The third kappa shape index (κ3) is 4.21. The zero-order chi connectivity index (χ0) is 17.8. The number of nitrogens with zero attached hydrogens (tertiary/aromatic N) is 1. The van der Waals surface area contributed by atoms with Gasteiger partial charge in [0, 0.05) is 23.2 Å². The Morgan fingerprint density at radius 1 is 1.32 bits per heavy atom. The third-order valence-electron chi connectivity index (χ3n) is 4.98. The molecule has 4 nitrogen and oxygen atoms in total. The molecule has 0 aliphatic carbocycles. The summed E-state index contributed by atoms with van der Waals surface area (Å²) in [4.78, 5) is 31.5. The third-order valence-corrected chi connectivity index (χ3v) is 5.91. The average molecular weight is 359 g/mol. The van der Waals surface area contributed by atoms with Crippen LogP contribution in [0.2, 0.25) is 0 Å². The van der Waals surface area contributed by atoms with Gasteiger partial charge in [0.1, 0.15) is 5.56 Å². The van der Waals surface area contributed by atoms with Crippen LogP contribution in [0, 0.1) is 0 Å². The number of rotatable bonds is 5. The van der Waals surface area contributed by atoms with Crippen LogP contribution in [0.25, 0.3) is 0 Å². The molecule has 0 unspecified atom stereocenters. The van der Waals surface area contributed by atoms with Crippen molar-refractivity contribution in [3.63, 3.8) is 0 Å². The number of hydrogen-bond donors (Lipinski definition) is 1. The van der Waals surface area contributed by atoms with Crippen molar-refractivity contribution in [1.82, 2.24) is 9.88 Å². The highest BCUT2D eigenvalue weighted by Crippen LogP contribution is 2.24. The predicted octanol–water partition coefficient (Wildman–Crippen LogP) is 4.19. The van der Waals surface area contributed by atoms with E-state index in [4.69, 9.17) is 0 Å². The van der Waals surface area contributed by atoms with E-state index in [1.807, 2.05) is 24.8 Å². The second-order valence-corrected chi connectivity index (χ2v) is 8.11. The predicted molar refractivity (Wildman–Crippen MR) is 102 cm³/mol. The first kappa shape index (κ1) is 17.9. The van der Waals surface area contributed by atoms with Crippen molar-refractivity contribution in [3.8, 4) is 0 Å². The number of likely N-dealkylation sites (tertiary alicyclic amines) is 1. The van der Waals surface area contributed by atoms with Gasteiger partial charge in [0.25, 0.3) is 11.5 Å². The minimum absolute atomic E-state index is 0.118. The lowest BCUT2D eigenvalue weighted by molar-refractivity contribution is 0.0600. The van der Waals surface area contributed by atoms with Crippen LogP contribution < -0.4 is 5.56 Å². The zero-order valence-electron chi connectivity index (χ0n) is 15.0. The second-order valence-electron chi connectivity index (χ2n) is 7.08. The average Bonchev–Trinajstić information content (AvgIpc) is 3.13. The Morgan fingerprint density at radius 3 is 2.84 bits per heavy atom. The number of hydrogen-bond acceptors (Lipinski definition) is 3. The highest BCUT2D eigenvalue weighted by Gasteiger charge is 2.28. The summed E-state index contributed by atoms with van der Waals surface area (Å²) in [5.41, 5.74) is 0.876. The maximum atomic E-state index is 13.0. The number of carbonyl (C=O) groups excluding carboxylic acids is 1. The van der Waals surface area contributed by atoms with Gasteiger partial charge in [-0.05, 0) is 61.6 Å². The molecule has 1 atom stereocenters. The SMILES string of the molecule is CC(C)c1ccc(C(=O)N2CCCC[C@H]2CCc2cccs2)c(=O)[nH]1. The number of aryl methyl sites for hydroxylation is 1. The van der Waals surface area contributed by atoms with Gasteiger partial charge < -0.3 is 9.88 Å². The van der Waals surface area contributed by atoms with Crippen LogP contribution in [0.4, 0.5) is 0 Å². The van der Waals surface area contributed by atoms with Gasteiger partial charge in [-0.2, -0.15) is 0 Å². The quantitative estimate of drug-likeness (QED) is 0.871. The lowest BCUT2D eigenvalue weighted by Crippen LogP contribution is -2.45. The molecule has 1 saturated heterocycles. The van der Waals surface area contributed by atoms with E-state index in [1.54, 1.807) is 17.4 Å². The first-order chi connectivity index (χ1) is 12.1. The van der Waals surface area contributed by atoms with E-state index >= 15 is 0 Å². The molecule has 25 heavy (non-hydrogen) atoms. The number of piperidine rings is 1. The molecule has 1 fully saturated rings. The van der Waals surface area contributed by atoms with Crippen LogP contribution >= 0.6 is 11.3 Å². The smallest absolute Gasteiger partial charge is 0.261 e. The standard InChI is InChI=1S/C20H26N2O2S/c1-14(2)18-11-10-17(19(23)21-18)20(24)22-12-4-3-6-15(22)8-9-16-7-5-13-25-16/h5,7,10-11,13-15H,3-4,6,8-9,12H2,1-2H3,(H,21,23)/t15-/m0/s1. The van der Waals surface area contributed by atoms with Gasteiger partial charge in [-0.15, -0.1) is 11.3 Å². The first-order valence-corrected chi connectivity index (χ1v) is 10.0. The maximum Gasteiger partial charge on any atom is 0.261 e. The topological polar surface area (TPSA) is 53.2 Å². The number of carbonyl (C=O) groups is 1. The van der Waals surface area contributed by atoms with Crippen molar-refractivity contribution in [2.75, 3.05) is 6.54 Å². The van der Waals surface area contributed by atoms with E-state index in [0.29, 0.717) is 0 Å². The summed E-state index contributed by atoms with van der Waals surface area (Å²) >= 11 is 1.77. The Morgan fingerprint density at radius 2 is 2.16 bits per heavy atom. The fraction of sp³-hybridized carbons (Fsp3) is 0.500. The molecule has 0 aromatic carbocycles. The molecule has 2 aromatic rings. The Labute approximate surface area is 152 Å². The van der Waals surface area contributed by atoms with Crippen molar-refractivity contribution in [2.24, 2.45) is 0 Å². The Hall–Kier alpha value is -1.88. The van der Waals surface area contributed by atoms with Crippen molar-refractivity contribution >= 4 is 17.2 Å². The highest BCUT2D eigenvalue weighted by molar-refractivity contribution is 7.09. The van der Waals surface area contributed by atoms with Gasteiger partial charge in [0.05, 0.1) is 0 Å². The summed E-state index contributed by atoms with van der Waals surface area (Å²) < 4.78 is 0. The maximum absolute atomic E-state index is 13.0. The summed E-state index contributed by atoms with van der Waals surface area (Å²) in [6.45, 7) is 4.80. The van der Waals surface area contributed by atoms with Gasteiger partial charge in [0.2, 0.25) is 0 Å². The summed E-state index contributed by atoms with van der Waals surface area (Å²) in [6.07, 6.45) is 5.16. The summed E-state index contributed by atoms with van der Waals surface area (Å²) in [6, 6.07) is 8.01. The van der Waals surface area contributed by atoms with Crippen LogP contribution in [-0.2, 0) is 6.42 Å². The number of amides is 1. The molecule has 0 saturated carbocycles.